The van der Waals surface area contributed by atoms with Gasteiger partial charge in [-0.05, 0) is 27.3 Å². The molecule has 0 bridgehead atoms. The molecule has 2 heterocycles. The van der Waals surface area contributed by atoms with Gasteiger partial charge in [-0.2, -0.15) is 0 Å². The number of hydrogen-bond acceptors (Lipinski definition) is 5. The van der Waals surface area contributed by atoms with Crippen LogP contribution in [0.15, 0.2) is 5.38 Å². The average molecular weight is 269 g/mol. The summed E-state index contributed by atoms with van der Waals surface area (Å²) in [5.74, 6) is 0. The molecule has 0 aliphatic carbocycles. The summed E-state index contributed by atoms with van der Waals surface area (Å²) >= 11 is 1.74. The van der Waals surface area contributed by atoms with Crippen LogP contribution >= 0.6 is 11.3 Å². The van der Waals surface area contributed by atoms with Crippen molar-refractivity contribution < 1.29 is 4.74 Å². The number of rotatable bonds is 4. The largest absolute Gasteiger partial charge is 0.375 e. The molecule has 3 atom stereocenters. The van der Waals surface area contributed by atoms with Crippen LogP contribution in [0.25, 0.3) is 0 Å². The van der Waals surface area contributed by atoms with Gasteiger partial charge in [-0.3, -0.25) is 0 Å². The van der Waals surface area contributed by atoms with E-state index in [9.17, 15) is 0 Å². The molecule has 18 heavy (non-hydrogen) atoms. The maximum Gasteiger partial charge on any atom is 0.185 e. The quantitative estimate of drug-likeness (QED) is 0.911. The molecule has 1 aromatic heterocycles. The highest BCUT2D eigenvalue weighted by Crippen LogP contribution is 2.28. The minimum Gasteiger partial charge on any atom is -0.375 e. The average Bonchev–Trinajstić information content (AvgIpc) is 2.87. The second-order valence-electron chi connectivity index (χ2n) is 4.92. The van der Waals surface area contributed by atoms with E-state index in [-0.39, 0.29) is 0 Å². The zero-order chi connectivity index (χ0) is 13.1. The van der Waals surface area contributed by atoms with Crippen molar-refractivity contribution in [3.05, 3.63) is 11.1 Å². The number of nitrogens with one attached hydrogen (secondary N) is 1. The normalized spacial score (nSPS) is 26.3. The molecule has 1 saturated heterocycles. The summed E-state index contributed by atoms with van der Waals surface area (Å²) in [5.41, 5.74) is 1.13. The lowest BCUT2D eigenvalue weighted by Gasteiger charge is -2.38. The fourth-order valence-corrected chi connectivity index (χ4v) is 3.17. The lowest BCUT2D eigenvalue weighted by molar-refractivity contribution is 0.0299. The van der Waals surface area contributed by atoms with Crippen molar-refractivity contribution in [2.24, 2.45) is 0 Å². The van der Waals surface area contributed by atoms with Crippen LogP contribution in [-0.2, 0) is 4.74 Å². The third-order valence-corrected chi connectivity index (χ3v) is 4.47. The second kappa shape index (κ2) is 5.99. The van der Waals surface area contributed by atoms with Gasteiger partial charge in [0.2, 0.25) is 0 Å². The van der Waals surface area contributed by atoms with Crippen LogP contribution in [0.3, 0.4) is 0 Å². The third kappa shape index (κ3) is 2.84. The standard InChI is InChI=1S/C13H23N3OS/c1-5-11-7-17-9(2)6-16(11)13-15-12(8-18-13)10(3)14-4/h8-11,14H,5-7H2,1-4H3. The van der Waals surface area contributed by atoms with Crippen molar-refractivity contribution in [2.75, 3.05) is 25.1 Å². The molecule has 1 N–H and O–H groups in total. The molecule has 1 fully saturated rings. The van der Waals surface area contributed by atoms with Gasteiger partial charge in [0, 0.05) is 18.0 Å². The van der Waals surface area contributed by atoms with E-state index in [0.29, 0.717) is 18.2 Å². The molecule has 5 heteroatoms. The number of nitrogens with zero attached hydrogens (tertiary/aromatic N) is 2. The van der Waals surface area contributed by atoms with Gasteiger partial charge >= 0.3 is 0 Å². The zero-order valence-electron chi connectivity index (χ0n) is 11.6. The van der Waals surface area contributed by atoms with Gasteiger partial charge in [0.1, 0.15) is 0 Å². The van der Waals surface area contributed by atoms with Gasteiger partial charge < -0.3 is 15.0 Å². The van der Waals surface area contributed by atoms with Crippen LogP contribution in [0.4, 0.5) is 5.13 Å². The van der Waals surface area contributed by atoms with E-state index in [2.05, 4.69) is 36.4 Å². The Hall–Kier alpha value is -0.650. The van der Waals surface area contributed by atoms with Crippen LogP contribution in [0, 0.1) is 0 Å². The summed E-state index contributed by atoms with van der Waals surface area (Å²) in [5, 5.41) is 6.52. The number of thiazole rings is 1. The van der Waals surface area contributed by atoms with Crippen LogP contribution < -0.4 is 10.2 Å². The SMILES string of the molecule is CCC1COC(C)CN1c1nc(C(C)NC)cs1. The maximum atomic E-state index is 5.73. The first-order chi connectivity index (χ1) is 8.65. The highest BCUT2D eigenvalue weighted by atomic mass is 32.1. The van der Waals surface area contributed by atoms with E-state index in [4.69, 9.17) is 9.72 Å². The monoisotopic (exact) mass is 269 g/mol. The van der Waals surface area contributed by atoms with Gasteiger partial charge in [0.05, 0.1) is 24.4 Å². The van der Waals surface area contributed by atoms with E-state index >= 15 is 0 Å². The molecule has 0 saturated carbocycles. The number of hydrogen-bond donors (Lipinski definition) is 1. The molecule has 0 radical (unpaired) electrons. The first-order valence-corrected chi connectivity index (χ1v) is 7.54. The molecule has 0 spiro atoms. The molecule has 1 aliphatic heterocycles. The van der Waals surface area contributed by atoms with E-state index in [0.717, 1.165) is 30.4 Å². The molecule has 4 nitrogen and oxygen atoms in total. The van der Waals surface area contributed by atoms with Crippen LogP contribution in [0.1, 0.15) is 38.9 Å². The molecular weight excluding hydrogens is 246 g/mol. The predicted octanol–water partition coefficient (Wildman–Crippen LogP) is 2.43. The molecule has 1 aromatic rings. The Morgan fingerprint density at radius 1 is 1.67 bits per heavy atom. The lowest BCUT2D eigenvalue weighted by atomic mass is 10.1. The Balaban J connectivity index is 2.15. The van der Waals surface area contributed by atoms with Gasteiger partial charge in [0.15, 0.2) is 5.13 Å². The van der Waals surface area contributed by atoms with Gasteiger partial charge in [-0.1, -0.05) is 6.92 Å². The smallest absolute Gasteiger partial charge is 0.185 e. The summed E-state index contributed by atoms with van der Waals surface area (Å²) in [4.78, 5) is 7.17. The van der Waals surface area contributed by atoms with Gasteiger partial charge in [-0.15, -0.1) is 11.3 Å². The highest BCUT2D eigenvalue weighted by Gasteiger charge is 2.27. The van der Waals surface area contributed by atoms with E-state index in [1.54, 1.807) is 11.3 Å². The second-order valence-corrected chi connectivity index (χ2v) is 5.76. The Kier molecular flexibility index (Phi) is 4.59. The van der Waals surface area contributed by atoms with Gasteiger partial charge in [0.25, 0.3) is 0 Å². The first kappa shape index (κ1) is 13.8. The summed E-state index contributed by atoms with van der Waals surface area (Å²) < 4.78 is 5.73. The van der Waals surface area contributed by atoms with E-state index < -0.39 is 0 Å². The van der Waals surface area contributed by atoms with Crippen molar-refractivity contribution in [3.8, 4) is 0 Å². The summed E-state index contributed by atoms with van der Waals surface area (Å²) in [6, 6.07) is 0.777. The van der Waals surface area contributed by atoms with Crippen LogP contribution in [0.2, 0.25) is 0 Å². The number of morpholine rings is 1. The number of ether oxygens (including phenoxy) is 1. The van der Waals surface area contributed by atoms with Crippen molar-refractivity contribution in [1.29, 1.82) is 0 Å². The Bertz CT molecular complexity index is 382. The van der Waals surface area contributed by atoms with E-state index in [1.165, 1.54) is 0 Å². The molecule has 1 aliphatic rings. The van der Waals surface area contributed by atoms with Crippen molar-refractivity contribution in [1.82, 2.24) is 10.3 Å². The molecular formula is C13H23N3OS. The summed E-state index contributed by atoms with van der Waals surface area (Å²) in [7, 11) is 1.97. The Morgan fingerprint density at radius 3 is 3.11 bits per heavy atom. The minimum absolute atomic E-state index is 0.293. The maximum absolute atomic E-state index is 5.73. The Labute approximate surface area is 113 Å². The zero-order valence-corrected chi connectivity index (χ0v) is 12.5. The third-order valence-electron chi connectivity index (χ3n) is 3.57. The molecule has 3 unspecified atom stereocenters. The van der Waals surface area contributed by atoms with Crippen molar-refractivity contribution in [3.63, 3.8) is 0 Å². The lowest BCUT2D eigenvalue weighted by Crippen LogP contribution is -2.48. The minimum atomic E-state index is 0.293. The van der Waals surface area contributed by atoms with Crippen LogP contribution in [0.5, 0.6) is 0 Å². The fraction of sp³-hybridized carbons (Fsp3) is 0.769. The summed E-state index contributed by atoms with van der Waals surface area (Å²) in [6.45, 7) is 8.23. The summed E-state index contributed by atoms with van der Waals surface area (Å²) in [6.07, 6.45) is 1.39. The van der Waals surface area contributed by atoms with Crippen molar-refractivity contribution in [2.45, 2.75) is 45.4 Å². The van der Waals surface area contributed by atoms with Gasteiger partial charge in [-0.25, -0.2) is 4.98 Å². The predicted molar refractivity (Wildman–Crippen MR) is 76.4 cm³/mol. The molecule has 102 valence electrons. The first-order valence-electron chi connectivity index (χ1n) is 6.66. The topological polar surface area (TPSA) is 37.4 Å². The van der Waals surface area contributed by atoms with E-state index in [1.807, 2.05) is 7.05 Å². The molecule has 0 aromatic carbocycles. The number of anilines is 1. The number of aromatic nitrogens is 1. The Morgan fingerprint density at radius 2 is 2.44 bits per heavy atom. The molecule has 2 rings (SSSR count). The fourth-order valence-electron chi connectivity index (χ4n) is 2.17. The molecule has 0 amide bonds. The van der Waals surface area contributed by atoms with Crippen LogP contribution in [-0.4, -0.2) is 37.3 Å². The highest BCUT2D eigenvalue weighted by molar-refractivity contribution is 7.13. The van der Waals surface area contributed by atoms with Crippen molar-refractivity contribution >= 4 is 16.5 Å².